The summed E-state index contributed by atoms with van der Waals surface area (Å²) < 4.78 is 15.5. The fraction of sp³-hybridized carbons (Fsp3) is 0.227. The van der Waals surface area contributed by atoms with Gasteiger partial charge in [0.05, 0.1) is 6.61 Å². The molecule has 3 aromatic rings. The molecule has 0 aliphatic carbocycles. The molecule has 3 rings (SSSR count). The van der Waals surface area contributed by atoms with Crippen LogP contribution in [-0.4, -0.2) is 37.0 Å². The van der Waals surface area contributed by atoms with Crippen LogP contribution in [0.2, 0.25) is 0 Å². The molecule has 0 atom stereocenters. The van der Waals surface area contributed by atoms with Crippen LogP contribution in [0.3, 0.4) is 0 Å². The van der Waals surface area contributed by atoms with Gasteiger partial charge in [-0.1, -0.05) is 30.3 Å². The SMILES string of the molecule is CCOc1ccc(CN(C)C(=O)COC(=O)c2cc3ccccc3oc2=O)cc1. The molecule has 29 heavy (non-hydrogen) atoms. The Labute approximate surface area is 167 Å². The number of nitrogens with zero attached hydrogens (tertiary/aromatic N) is 1. The molecular weight excluding hydrogens is 374 g/mol. The number of para-hydroxylation sites is 1. The normalized spacial score (nSPS) is 10.6. The molecule has 1 aromatic heterocycles. The molecule has 0 bridgehead atoms. The van der Waals surface area contributed by atoms with Gasteiger partial charge in [-0.25, -0.2) is 9.59 Å². The molecule has 7 heteroatoms. The van der Waals surface area contributed by atoms with Crippen LogP contribution < -0.4 is 10.4 Å². The predicted octanol–water partition coefficient (Wildman–Crippen LogP) is 3.01. The molecule has 150 valence electrons. The maximum atomic E-state index is 12.3. The lowest BCUT2D eigenvalue weighted by Crippen LogP contribution is -2.31. The van der Waals surface area contributed by atoms with Crippen molar-refractivity contribution in [3.63, 3.8) is 0 Å². The van der Waals surface area contributed by atoms with E-state index >= 15 is 0 Å². The Bertz CT molecular complexity index is 1070. The molecule has 0 radical (unpaired) electrons. The first-order chi connectivity index (χ1) is 14.0. The van der Waals surface area contributed by atoms with Gasteiger partial charge in [0.15, 0.2) is 6.61 Å². The van der Waals surface area contributed by atoms with Crippen molar-refractivity contribution >= 4 is 22.8 Å². The molecule has 1 amide bonds. The van der Waals surface area contributed by atoms with Gasteiger partial charge in [-0.05, 0) is 36.8 Å². The maximum absolute atomic E-state index is 12.3. The molecule has 0 unspecified atom stereocenters. The fourth-order valence-electron chi connectivity index (χ4n) is 2.74. The molecule has 2 aromatic carbocycles. The zero-order chi connectivity index (χ0) is 20.8. The summed E-state index contributed by atoms with van der Waals surface area (Å²) in [6, 6.07) is 15.6. The highest BCUT2D eigenvalue weighted by Gasteiger charge is 2.18. The van der Waals surface area contributed by atoms with Crippen molar-refractivity contribution in [2.24, 2.45) is 0 Å². The molecule has 0 fully saturated rings. The molecule has 0 aliphatic rings. The standard InChI is InChI=1S/C22H21NO6/c1-3-27-17-10-8-15(9-11-17)13-23(2)20(24)14-28-21(25)18-12-16-6-4-5-7-19(16)29-22(18)26/h4-12H,3,13-14H2,1-2H3. The number of rotatable bonds is 7. The van der Waals surface area contributed by atoms with E-state index in [1.54, 1.807) is 31.3 Å². The van der Waals surface area contributed by atoms with Gasteiger partial charge in [-0.2, -0.15) is 0 Å². The van der Waals surface area contributed by atoms with Crippen LogP contribution >= 0.6 is 0 Å². The monoisotopic (exact) mass is 395 g/mol. The lowest BCUT2D eigenvalue weighted by Gasteiger charge is -2.17. The first kappa shape index (κ1) is 20.1. The van der Waals surface area contributed by atoms with Crippen LogP contribution in [0.25, 0.3) is 11.0 Å². The van der Waals surface area contributed by atoms with E-state index in [-0.39, 0.29) is 5.56 Å². The number of ether oxygens (including phenoxy) is 2. The van der Waals surface area contributed by atoms with Gasteiger partial charge in [0, 0.05) is 19.0 Å². The number of amides is 1. The Kier molecular flexibility index (Phi) is 6.29. The molecule has 0 aliphatic heterocycles. The van der Waals surface area contributed by atoms with E-state index in [1.807, 2.05) is 31.2 Å². The number of benzene rings is 2. The quantitative estimate of drug-likeness (QED) is 0.452. The summed E-state index contributed by atoms with van der Waals surface area (Å²) in [5, 5.41) is 0.595. The van der Waals surface area contributed by atoms with Gasteiger partial charge in [0.25, 0.3) is 5.91 Å². The molecule has 0 spiro atoms. The molecular formula is C22H21NO6. The molecule has 0 N–H and O–H groups in total. The number of likely N-dealkylation sites (N-methyl/N-ethyl adjacent to an activating group) is 1. The Balaban J connectivity index is 1.58. The molecule has 0 saturated carbocycles. The van der Waals surface area contributed by atoms with E-state index in [1.165, 1.54) is 11.0 Å². The van der Waals surface area contributed by atoms with E-state index in [4.69, 9.17) is 13.9 Å². The zero-order valence-electron chi connectivity index (χ0n) is 16.2. The third kappa shape index (κ3) is 5.01. The van der Waals surface area contributed by atoms with Crippen LogP contribution in [0, 0.1) is 0 Å². The third-order valence-electron chi connectivity index (χ3n) is 4.27. The van der Waals surface area contributed by atoms with Gasteiger partial charge in [-0.3, -0.25) is 4.79 Å². The highest BCUT2D eigenvalue weighted by molar-refractivity contribution is 5.94. The Morgan fingerprint density at radius 3 is 2.52 bits per heavy atom. The smallest absolute Gasteiger partial charge is 0.351 e. The van der Waals surface area contributed by atoms with Crippen molar-refractivity contribution in [3.8, 4) is 5.75 Å². The number of carbonyl (C=O) groups excluding carboxylic acids is 2. The van der Waals surface area contributed by atoms with E-state index in [2.05, 4.69) is 0 Å². The predicted molar refractivity (Wildman–Crippen MR) is 107 cm³/mol. The summed E-state index contributed by atoms with van der Waals surface area (Å²) >= 11 is 0. The van der Waals surface area contributed by atoms with Crippen LogP contribution in [0.5, 0.6) is 5.75 Å². The second-order valence-corrected chi connectivity index (χ2v) is 6.39. The van der Waals surface area contributed by atoms with Crippen molar-refractivity contribution in [3.05, 3.63) is 76.1 Å². The van der Waals surface area contributed by atoms with E-state index in [0.29, 0.717) is 24.1 Å². The average Bonchev–Trinajstić information content (AvgIpc) is 2.72. The highest BCUT2D eigenvalue weighted by Crippen LogP contribution is 2.14. The summed E-state index contributed by atoms with van der Waals surface area (Å²) in [5.41, 5.74) is 0.237. The maximum Gasteiger partial charge on any atom is 0.351 e. The number of hydrogen-bond donors (Lipinski definition) is 0. The van der Waals surface area contributed by atoms with Crippen LogP contribution in [0.15, 0.2) is 63.8 Å². The first-order valence-corrected chi connectivity index (χ1v) is 9.13. The summed E-state index contributed by atoms with van der Waals surface area (Å²) in [4.78, 5) is 37.9. The third-order valence-corrected chi connectivity index (χ3v) is 4.27. The highest BCUT2D eigenvalue weighted by atomic mass is 16.5. The first-order valence-electron chi connectivity index (χ1n) is 9.13. The van der Waals surface area contributed by atoms with Crippen molar-refractivity contribution in [2.75, 3.05) is 20.3 Å². The van der Waals surface area contributed by atoms with Crippen LogP contribution in [0.1, 0.15) is 22.8 Å². The number of fused-ring (bicyclic) bond motifs is 1. The largest absolute Gasteiger partial charge is 0.494 e. The fourth-order valence-corrected chi connectivity index (χ4v) is 2.74. The Morgan fingerprint density at radius 1 is 1.07 bits per heavy atom. The van der Waals surface area contributed by atoms with Gasteiger partial charge < -0.3 is 18.8 Å². The van der Waals surface area contributed by atoms with Gasteiger partial charge >= 0.3 is 11.6 Å². The number of esters is 1. The minimum atomic E-state index is -0.896. The van der Waals surface area contributed by atoms with Gasteiger partial charge in [0.1, 0.15) is 16.9 Å². The molecule has 1 heterocycles. The second-order valence-electron chi connectivity index (χ2n) is 6.39. The Hall–Kier alpha value is -3.61. The van der Waals surface area contributed by atoms with E-state index in [0.717, 1.165) is 11.3 Å². The minimum Gasteiger partial charge on any atom is -0.494 e. The summed E-state index contributed by atoms with van der Waals surface area (Å²) in [5.74, 6) is -0.530. The lowest BCUT2D eigenvalue weighted by molar-refractivity contribution is -0.133. The second kappa shape index (κ2) is 9.05. The van der Waals surface area contributed by atoms with Gasteiger partial charge in [0.2, 0.25) is 0 Å². The van der Waals surface area contributed by atoms with Crippen molar-refractivity contribution in [1.29, 1.82) is 0 Å². The zero-order valence-corrected chi connectivity index (χ0v) is 16.2. The average molecular weight is 395 g/mol. The topological polar surface area (TPSA) is 86.0 Å². The molecule has 7 nitrogen and oxygen atoms in total. The van der Waals surface area contributed by atoms with Crippen LogP contribution in [-0.2, 0) is 16.1 Å². The van der Waals surface area contributed by atoms with Crippen LogP contribution in [0.4, 0.5) is 0 Å². The minimum absolute atomic E-state index is 0.245. The summed E-state index contributed by atoms with van der Waals surface area (Å²) in [6.45, 7) is 2.36. The Morgan fingerprint density at radius 2 is 1.79 bits per heavy atom. The number of carbonyl (C=O) groups is 2. The number of hydrogen-bond acceptors (Lipinski definition) is 6. The van der Waals surface area contributed by atoms with Crippen molar-refractivity contribution in [1.82, 2.24) is 4.90 Å². The van der Waals surface area contributed by atoms with E-state index < -0.39 is 24.1 Å². The molecule has 0 saturated heterocycles. The summed E-state index contributed by atoms with van der Waals surface area (Å²) in [6.07, 6.45) is 0. The van der Waals surface area contributed by atoms with Crippen molar-refractivity contribution in [2.45, 2.75) is 13.5 Å². The summed E-state index contributed by atoms with van der Waals surface area (Å²) in [7, 11) is 1.61. The van der Waals surface area contributed by atoms with Gasteiger partial charge in [-0.15, -0.1) is 0 Å². The van der Waals surface area contributed by atoms with E-state index in [9.17, 15) is 14.4 Å². The van der Waals surface area contributed by atoms with Crippen molar-refractivity contribution < 1.29 is 23.5 Å². The lowest BCUT2D eigenvalue weighted by atomic mass is 10.2.